The van der Waals surface area contributed by atoms with Crippen molar-refractivity contribution in [2.24, 2.45) is 5.92 Å². The Labute approximate surface area is 237 Å². The molecule has 38 heavy (non-hydrogen) atoms. The maximum Gasteiger partial charge on any atom is 0.223 e. The molecule has 3 aromatic rings. The first-order valence-corrected chi connectivity index (χ1v) is 15.0. The molecule has 0 aliphatic rings. The van der Waals surface area contributed by atoms with Gasteiger partial charge in [-0.25, -0.2) is 9.97 Å². The van der Waals surface area contributed by atoms with Gasteiger partial charge in [0.25, 0.3) is 0 Å². The van der Waals surface area contributed by atoms with Crippen LogP contribution in [0.1, 0.15) is 73.9 Å². The fourth-order valence-electron chi connectivity index (χ4n) is 3.61. The maximum atomic E-state index is 6.84. The van der Waals surface area contributed by atoms with Gasteiger partial charge in [-0.2, -0.15) is 0 Å². The Morgan fingerprint density at radius 3 is 2.37 bits per heavy atom. The lowest BCUT2D eigenvalue weighted by molar-refractivity contribution is 0.360. The number of hydrogen-bond acceptors (Lipinski definition) is 7. The SMILES string of the molecule is C=C(C)S/C(=C(/Oc1ccc(NSC(C)(C)C)c2ccccc12)C(C)CC)c1ccnc(NC(C)CC)n1. The highest BCUT2D eigenvalue weighted by atomic mass is 32.2. The van der Waals surface area contributed by atoms with Crippen LogP contribution in [0.2, 0.25) is 0 Å². The summed E-state index contributed by atoms with van der Waals surface area (Å²) >= 11 is 3.32. The summed E-state index contributed by atoms with van der Waals surface area (Å²) in [6.45, 7) is 21.5. The van der Waals surface area contributed by atoms with Crippen LogP contribution in [-0.2, 0) is 0 Å². The van der Waals surface area contributed by atoms with Crippen molar-refractivity contribution in [1.29, 1.82) is 0 Å². The minimum absolute atomic E-state index is 0.0948. The number of rotatable bonds is 12. The van der Waals surface area contributed by atoms with E-state index >= 15 is 0 Å². The highest BCUT2D eigenvalue weighted by molar-refractivity contribution is 8.11. The minimum atomic E-state index is 0.0948. The van der Waals surface area contributed by atoms with Crippen LogP contribution >= 0.6 is 23.7 Å². The average molecular weight is 551 g/mol. The van der Waals surface area contributed by atoms with E-state index in [0.717, 1.165) is 56.3 Å². The highest BCUT2D eigenvalue weighted by Gasteiger charge is 2.22. The second-order valence-corrected chi connectivity index (χ2v) is 13.5. The van der Waals surface area contributed by atoms with Gasteiger partial charge < -0.3 is 14.8 Å². The molecule has 2 unspecified atom stereocenters. The Kier molecular flexibility index (Phi) is 10.6. The van der Waals surface area contributed by atoms with Crippen LogP contribution < -0.4 is 14.8 Å². The first-order valence-electron chi connectivity index (χ1n) is 13.3. The molecular weight excluding hydrogens is 509 g/mol. The van der Waals surface area contributed by atoms with E-state index in [2.05, 4.69) is 106 Å². The number of aromatic nitrogens is 2. The average Bonchev–Trinajstić information content (AvgIpc) is 2.88. The lowest BCUT2D eigenvalue weighted by atomic mass is 10.0. The third-order valence-corrected chi connectivity index (χ3v) is 7.90. The van der Waals surface area contributed by atoms with E-state index in [1.54, 1.807) is 23.7 Å². The first kappa shape index (κ1) is 29.9. The number of nitrogens with one attached hydrogen (secondary N) is 2. The lowest BCUT2D eigenvalue weighted by Gasteiger charge is -2.23. The highest BCUT2D eigenvalue weighted by Crippen LogP contribution is 2.41. The summed E-state index contributed by atoms with van der Waals surface area (Å²) in [6, 6.07) is 14.8. The van der Waals surface area contributed by atoms with Gasteiger partial charge in [-0.15, -0.1) is 0 Å². The fraction of sp³-hybridized carbons (Fsp3) is 0.419. The van der Waals surface area contributed by atoms with Crippen LogP contribution in [-0.4, -0.2) is 20.8 Å². The minimum Gasteiger partial charge on any atom is -0.460 e. The van der Waals surface area contributed by atoms with Crippen molar-refractivity contribution in [2.75, 3.05) is 10.0 Å². The molecule has 0 bridgehead atoms. The zero-order chi connectivity index (χ0) is 27.9. The predicted octanol–water partition coefficient (Wildman–Crippen LogP) is 9.76. The van der Waals surface area contributed by atoms with E-state index in [9.17, 15) is 0 Å². The van der Waals surface area contributed by atoms with E-state index in [1.165, 1.54) is 0 Å². The van der Waals surface area contributed by atoms with Gasteiger partial charge in [-0.3, -0.25) is 0 Å². The number of hydrogen-bond donors (Lipinski definition) is 2. The smallest absolute Gasteiger partial charge is 0.223 e. The number of anilines is 2. The van der Waals surface area contributed by atoms with E-state index in [4.69, 9.17) is 9.72 Å². The van der Waals surface area contributed by atoms with Crippen molar-refractivity contribution >= 4 is 51.0 Å². The third-order valence-electron chi connectivity index (χ3n) is 6.01. The Morgan fingerprint density at radius 1 is 1.03 bits per heavy atom. The van der Waals surface area contributed by atoms with Crippen molar-refractivity contribution in [2.45, 2.75) is 79.0 Å². The summed E-state index contributed by atoms with van der Waals surface area (Å²) in [7, 11) is 0. The van der Waals surface area contributed by atoms with Crippen molar-refractivity contribution in [3.63, 3.8) is 0 Å². The standard InChI is InChI=1S/C31H42N4OS2/c1-10-21(5)28(29(37-20(3)4)26-18-19-32-30(34-26)33-22(6)11-2)36-27-17-16-25(35-38-31(7,8)9)23-14-12-13-15-24(23)27/h12-19,21-22,35H,3,10-11H2,1-2,4-9H3,(H,32,33,34)/b29-28+. The Balaban J connectivity index is 2.12. The number of ether oxygens (including phenoxy) is 1. The molecule has 7 heteroatoms. The summed E-state index contributed by atoms with van der Waals surface area (Å²) in [6.07, 6.45) is 3.73. The molecule has 2 atom stereocenters. The van der Waals surface area contributed by atoms with Gasteiger partial charge in [-0.1, -0.05) is 63.4 Å². The van der Waals surface area contributed by atoms with Crippen molar-refractivity contribution in [3.8, 4) is 5.75 Å². The summed E-state index contributed by atoms with van der Waals surface area (Å²) in [5.41, 5.74) is 1.91. The lowest BCUT2D eigenvalue weighted by Crippen LogP contribution is -2.16. The van der Waals surface area contributed by atoms with Crippen LogP contribution in [0.3, 0.4) is 0 Å². The maximum absolute atomic E-state index is 6.84. The molecule has 0 spiro atoms. The van der Waals surface area contributed by atoms with E-state index in [-0.39, 0.29) is 16.7 Å². The van der Waals surface area contributed by atoms with Crippen LogP contribution in [0.5, 0.6) is 5.75 Å². The molecule has 204 valence electrons. The summed E-state index contributed by atoms with van der Waals surface area (Å²) in [5.74, 6) is 2.51. The van der Waals surface area contributed by atoms with Gasteiger partial charge in [0.1, 0.15) is 11.5 Å². The monoisotopic (exact) mass is 550 g/mol. The summed E-state index contributed by atoms with van der Waals surface area (Å²) in [4.78, 5) is 11.3. The molecular formula is C31H42N4OS2. The Bertz CT molecular complexity index is 1280. The fourth-order valence-corrected chi connectivity index (χ4v) is 5.12. The van der Waals surface area contributed by atoms with Gasteiger partial charge in [0.2, 0.25) is 5.95 Å². The topological polar surface area (TPSA) is 59.1 Å². The van der Waals surface area contributed by atoms with Gasteiger partial charge >= 0.3 is 0 Å². The number of benzene rings is 2. The number of fused-ring (bicyclic) bond motifs is 1. The second kappa shape index (κ2) is 13.4. The largest absolute Gasteiger partial charge is 0.460 e. The zero-order valence-corrected chi connectivity index (χ0v) is 25.6. The number of thioether (sulfide) groups is 1. The number of nitrogens with zero attached hydrogens (tertiary/aromatic N) is 2. The summed E-state index contributed by atoms with van der Waals surface area (Å²) in [5, 5.41) is 5.59. The van der Waals surface area contributed by atoms with Crippen LogP contribution in [0.15, 0.2) is 65.9 Å². The molecule has 0 fully saturated rings. The van der Waals surface area contributed by atoms with Crippen LogP contribution in [0.25, 0.3) is 15.7 Å². The van der Waals surface area contributed by atoms with Gasteiger partial charge in [0.15, 0.2) is 0 Å². The van der Waals surface area contributed by atoms with E-state index in [1.807, 2.05) is 19.2 Å². The van der Waals surface area contributed by atoms with Crippen LogP contribution in [0.4, 0.5) is 11.6 Å². The Morgan fingerprint density at radius 2 is 1.74 bits per heavy atom. The zero-order valence-electron chi connectivity index (χ0n) is 24.0. The molecule has 0 saturated carbocycles. The molecule has 1 heterocycles. The molecule has 0 saturated heterocycles. The molecule has 0 amide bonds. The molecule has 2 aromatic carbocycles. The van der Waals surface area contributed by atoms with Crippen molar-refractivity contribution in [3.05, 3.63) is 71.6 Å². The molecule has 1 aromatic heterocycles. The van der Waals surface area contributed by atoms with E-state index < -0.39 is 0 Å². The molecule has 0 aliphatic heterocycles. The molecule has 0 radical (unpaired) electrons. The molecule has 2 N–H and O–H groups in total. The van der Waals surface area contributed by atoms with Crippen molar-refractivity contribution < 1.29 is 4.74 Å². The molecule has 3 rings (SSSR count). The molecule has 5 nitrogen and oxygen atoms in total. The van der Waals surface area contributed by atoms with Crippen LogP contribution in [0, 0.1) is 5.92 Å². The summed E-state index contributed by atoms with van der Waals surface area (Å²) < 4.78 is 10.5. The second-order valence-electron chi connectivity index (χ2n) is 10.6. The normalized spacial score (nSPS) is 14.0. The Hall–Kier alpha value is -2.64. The van der Waals surface area contributed by atoms with E-state index in [0.29, 0.717) is 5.95 Å². The van der Waals surface area contributed by atoms with Gasteiger partial charge in [0.05, 0.1) is 16.3 Å². The quantitative estimate of drug-likeness (QED) is 0.172. The van der Waals surface area contributed by atoms with Gasteiger partial charge in [-0.05, 0) is 82.5 Å². The predicted molar refractivity (Wildman–Crippen MR) is 170 cm³/mol. The molecule has 0 aliphatic carbocycles. The third kappa shape index (κ3) is 8.18. The first-order chi connectivity index (χ1) is 18.0. The number of allylic oxidation sites excluding steroid dienone is 2. The van der Waals surface area contributed by atoms with Crippen molar-refractivity contribution in [1.82, 2.24) is 9.97 Å². The van der Waals surface area contributed by atoms with Gasteiger partial charge in [0, 0.05) is 33.7 Å².